The van der Waals surface area contributed by atoms with E-state index in [4.69, 9.17) is 14.2 Å². The number of nitrogens with one attached hydrogen (secondary N) is 2. The number of rotatable bonds is 9. The SMILES string of the molecule is COCc1ccc(OC(F)(F)F)c(CNC(=O)Nc2c(C)c(OC3CCN(C(=O)OC(C)(C)C)C3)nn2-c2ccccc2)c1. The second-order valence-electron chi connectivity index (χ2n) is 11.2. The number of hydrogen-bond donors (Lipinski definition) is 2. The molecule has 1 unspecified atom stereocenters. The Kier molecular flexibility index (Phi) is 9.92. The summed E-state index contributed by atoms with van der Waals surface area (Å²) in [6.45, 7) is 7.78. The van der Waals surface area contributed by atoms with Gasteiger partial charge in [-0.25, -0.2) is 14.3 Å². The van der Waals surface area contributed by atoms with Crippen molar-refractivity contribution in [2.75, 3.05) is 25.5 Å². The van der Waals surface area contributed by atoms with Crippen LogP contribution < -0.4 is 20.1 Å². The lowest BCUT2D eigenvalue weighted by atomic mass is 10.1. The van der Waals surface area contributed by atoms with E-state index in [1.165, 1.54) is 30.0 Å². The minimum atomic E-state index is -4.90. The van der Waals surface area contributed by atoms with Gasteiger partial charge in [0.05, 0.1) is 24.4 Å². The standard InChI is InChI=1S/C30H36F3N5O6/c1-19-25(35-27(39)34-16-21-15-20(18-41-5)11-12-24(21)43-30(31,32)33)38(22-9-7-6-8-10-22)36-26(19)42-23-13-14-37(17-23)28(40)44-29(2,3)4/h6-12,15,23H,13-14,16-18H2,1-5H3,(H2,34,35,39). The van der Waals surface area contributed by atoms with Crippen LogP contribution in [0, 0.1) is 6.92 Å². The molecule has 1 atom stereocenters. The molecule has 1 saturated heterocycles. The Hall–Kier alpha value is -4.46. The number of halogens is 3. The Bertz CT molecular complexity index is 1460. The van der Waals surface area contributed by atoms with E-state index < -0.39 is 29.8 Å². The van der Waals surface area contributed by atoms with Crippen LogP contribution in [0.2, 0.25) is 0 Å². The molecule has 1 fully saturated rings. The molecule has 2 heterocycles. The monoisotopic (exact) mass is 619 g/mol. The van der Waals surface area contributed by atoms with Crippen LogP contribution in [0.15, 0.2) is 48.5 Å². The maximum atomic E-state index is 13.1. The van der Waals surface area contributed by atoms with E-state index in [-0.39, 0.29) is 30.7 Å². The first-order valence-electron chi connectivity index (χ1n) is 13.9. The largest absolute Gasteiger partial charge is 0.573 e. The zero-order valence-electron chi connectivity index (χ0n) is 25.2. The molecule has 44 heavy (non-hydrogen) atoms. The fourth-order valence-corrected chi connectivity index (χ4v) is 4.54. The Balaban J connectivity index is 1.51. The summed E-state index contributed by atoms with van der Waals surface area (Å²) in [5.41, 5.74) is 1.25. The number of nitrogens with zero attached hydrogens (tertiary/aromatic N) is 3. The van der Waals surface area contributed by atoms with Crippen LogP contribution in [0.3, 0.4) is 0 Å². The van der Waals surface area contributed by atoms with Crippen molar-refractivity contribution in [3.8, 4) is 17.3 Å². The fourth-order valence-electron chi connectivity index (χ4n) is 4.54. The Morgan fingerprint density at radius 2 is 1.82 bits per heavy atom. The first-order valence-corrected chi connectivity index (χ1v) is 13.9. The highest BCUT2D eigenvalue weighted by molar-refractivity contribution is 5.89. The number of anilines is 1. The number of benzene rings is 2. The van der Waals surface area contributed by atoms with Crippen LogP contribution >= 0.6 is 0 Å². The minimum Gasteiger partial charge on any atom is -0.471 e. The van der Waals surface area contributed by atoms with Crippen LogP contribution in [0.25, 0.3) is 5.69 Å². The molecule has 0 bridgehead atoms. The van der Waals surface area contributed by atoms with Crippen molar-refractivity contribution in [1.82, 2.24) is 20.0 Å². The van der Waals surface area contributed by atoms with E-state index in [0.29, 0.717) is 42.1 Å². The molecular weight excluding hydrogens is 583 g/mol. The summed E-state index contributed by atoms with van der Waals surface area (Å²) in [6.07, 6.45) is -5.12. The Labute approximate surface area is 253 Å². The van der Waals surface area contributed by atoms with Crippen LogP contribution in [-0.2, 0) is 22.6 Å². The third-order valence-electron chi connectivity index (χ3n) is 6.49. The number of urea groups is 1. The number of carbonyl (C=O) groups excluding carboxylic acids is 2. The maximum Gasteiger partial charge on any atom is 0.573 e. The van der Waals surface area contributed by atoms with Crippen LogP contribution in [0.1, 0.15) is 43.9 Å². The van der Waals surface area contributed by atoms with E-state index in [2.05, 4.69) is 20.5 Å². The van der Waals surface area contributed by atoms with Crippen molar-refractivity contribution < 1.29 is 41.7 Å². The third-order valence-corrected chi connectivity index (χ3v) is 6.49. The Morgan fingerprint density at radius 3 is 2.48 bits per heavy atom. The lowest BCUT2D eigenvalue weighted by molar-refractivity contribution is -0.274. The minimum absolute atomic E-state index is 0.111. The van der Waals surface area contributed by atoms with Gasteiger partial charge in [-0.15, -0.1) is 18.3 Å². The summed E-state index contributed by atoms with van der Waals surface area (Å²) in [4.78, 5) is 27.1. The first-order chi connectivity index (χ1) is 20.7. The second kappa shape index (κ2) is 13.5. The number of hydrogen-bond acceptors (Lipinski definition) is 7. The molecule has 14 heteroatoms. The van der Waals surface area contributed by atoms with E-state index in [1.54, 1.807) is 44.7 Å². The van der Waals surface area contributed by atoms with Gasteiger partial charge in [0.25, 0.3) is 0 Å². The maximum absolute atomic E-state index is 13.1. The summed E-state index contributed by atoms with van der Waals surface area (Å²) in [5, 5.41) is 9.93. The Morgan fingerprint density at radius 1 is 1.09 bits per heavy atom. The summed E-state index contributed by atoms with van der Waals surface area (Å²) < 4.78 is 61.3. The fraction of sp³-hybridized carbons (Fsp3) is 0.433. The summed E-state index contributed by atoms with van der Waals surface area (Å²) >= 11 is 0. The number of aromatic nitrogens is 2. The van der Waals surface area contributed by atoms with E-state index in [0.717, 1.165) is 0 Å². The van der Waals surface area contributed by atoms with E-state index >= 15 is 0 Å². The lowest BCUT2D eigenvalue weighted by Gasteiger charge is -2.24. The zero-order chi connectivity index (χ0) is 32.1. The smallest absolute Gasteiger partial charge is 0.471 e. The van der Waals surface area contributed by atoms with Crippen molar-refractivity contribution in [2.24, 2.45) is 0 Å². The highest BCUT2D eigenvalue weighted by atomic mass is 19.4. The van der Waals surface area contributed by atoms with Crippen LogP contribution in [0.5, 0.6) is 11.6 Å². The van der Waals surface area contributed by atoms with E-state index in [1.807, 2.05) is 18.2 Å². The third kappa shape index (κ3) is 8.78. The van der Waals surface area contributed by atoms with Gasteiger partial charge in [0.2, 0.25) is 5.88 Å². The summed E-state index contributed by atoms with van der Waals surface area (Å²) in [7, 11) is 1.46. The topological polar surface area (TPSA) is 116 Å². The molecule has 11 nitrogen and oxygen atoms in total. The van der Waals surface area contributed by atoms with E-state index in [9.17, 15) is 22.8 Å². The number of ether oxygens (including phenoxy) is 4. The highest BCUT2D eigenvalue weighted by Gasteiger charge is 2.33. The predicted octanol–water partition coefficient (Wildman–Crippen LogP) is 5.94. The summed E-state index contributed by atoms with van der Waals surface area (Å²) in [5.74, 6) is 0.120. The van der Waals surface area contributed by atoms with Gasteiger partial charge in [-0.1, -0.05) is 24.3 Å². The number of para-hydroxylation sites is 1. The number of methoxy groups -OCH3 is 1. The number of alkyl halides is 3. The second-order valence-corrected chi connectivity index (χ2v) is 11.2. The van der Waals surface area contributed by atoms with Gasteiger partial charge < -0.3 is 29.2 Å². The first kappa shape index (κ1) is 32.5. The molecule has 1 aliphatic heterocycles. The molecule has 1 aliphatic rings. The quantitative estimate of drug-likeness (QED) is 0.305. The van der Waals surface area contributed by atoms with Gasteiger partial charge in [-0.05, 0) is 57.5 Å². The van der Waals surface area contributed by atoms with Crippen molar-refractivity contribution in [3.05, 3.63) is 65.2 Å². The molecule has 0 aliphatic carbocycles. The van der Waals surface area contributed by atoms with Gasteiger partial charge in [0.1, 0.15) is 23.3 Å². The van der Waals surface area contributed by atoms with Gasteiger partial charge in [-0.3, -0.25) is 5.32 Å². The van der Waals surface area contributed by atoms with Gasteiger partial charge in [-0.2, -0.15) is 0 Å². The average molecular weight is 620 g/mol. The van der Waals surface area contributed by atoms with Gasteiger partial charge in [0, 0.05) is 32.2 Å². The average Bonchev–Trinajstić information content (AvgIpc) is 3.53. The van der Waals surface area contributed by atoms with Gasteiger partial charge >= 0.3 is 18.5 Å². The van der Waals surface area contributed by atoms with Crippen molar-refractivity contribution in [2.45, 2.75) is 65.3 Å². The van der Waals surface area contributed by atoms with Crippen molar-refractivity contribution >= 4 is 17.9 Å². The molecule has 2 N–H and O–H groups in total. The molecule has 2 aromatic carbocycles. The van der Waals surface area contributed by atoms with Crippen LogP contribution in [-0.4, -0.2) is 65.1 Å². The van der Waals surface area contributed by atoms with Crippen molar-refractivity contribution in [1.29, 1.82) is 0 Å². The molecule has 0 radical (unpaired) electrons. The lowest BCUT2D eigenvalue weighted by Crippen LogP contribution is -2.36. The molecule has 0 saturated carbocycles. The number of amides is 3. The molecule has 3 aromatic rings. The molecule has 3 amide bonds. The molecule has 238 valence electrons. The van der Waals surface area contributed by atoms with Gasteiger partial charge in [0.15, 0.2) is 0 Å². The predicted molar refractivity (Wildman–Crippen MR) is 155 cm³/mol. The number of carbonyl (C=O) groups is 2. The molecular formula is C30H36F3N5O6. The highest BCUT2D eigenvalue weighted by Crippen LogP contribution is 2.31. The number of likely N-dealkylation sites (tertiary alicyclic amines) is 1. The molecule has 4 rings (SSSR count). The van der Waals surface area contributed by atoms with Crippen LogP contribution in [0.4, 0.5) is 28.6 Å². The van der Waals surface area contributed by atoms with Crippen molar-refractivity contribution in [3.63, 3.8) is 0 Å². The zero-order valence-corrected chi connectivity index (χ0v) is 25.2. The normalized spacial score (nSPS) is 15.2. The molecule has 0 spiro atoms. The summed E-state index contributed by atoms with van der Waals surface area (Å²) in [6, 6.07) is 12.4. The molecule has 1 aromatic heterocycles.